The third-order valence-electron chi connectivity index (χ3n) is 6.14. The first-order valence-corrected chi connectivity index (χ1v) is 11.8. The van der Waals surface area contributed by atoms with E-state index in [-0.39, 0.29) is 12.6 Å². The zero-order valence-electron chi connectivity index (χ0n) is 18.5. The monoisotopic (exact) mass is 440 g/mol. The van der Waals surface area contributed by atoms with Crippen LogP contribution in [0.5, 0.6) is 0 Å². The van der Waals surface area contributed by atoms with Crippen LogP contribution >= 0.6 is 0 Å². The fraction of sp³-hybridized carbons (Fsp3) is 0.583. The molecule has 2 atom stereocenters. The second kappa shape index (κ2) is 10.6. The summed E-state index contributed by atoms with van der Waals surface area (Å²) >= 11 is 0. The van der Waals surface area contributed by atoms with E-state index in [1.54, 1.807) is 0 Å². The lowest BCUT2D eigenvalue weighted by Gasteiger charge is -2.38. The van der Waals surface area contributed by atoms with E-state index in [1.807, 2.05) is 24.5 Å². The number of nitrogens with zero attached hydrogens (tertiary/aromatic N) is 4. The number of ether oxygens (including phenoxy) is 4. The molecule has 2 saturated heterocycles. The van der Waals surface area contributed by atoms with Gasteiger partial charge in [0.2, 0.25) is 0 Å². The Morgan fingerprint density at radius 2 is 1.25 bits per heavy atom. The second-order valence-corrected chi connectivity index (χ2v) is 8.33. The largest absolute Gasteiger partial charge is 0.353 e. The molecule has 2 fully saturated rings. The minimum Gasteiger partial charge on any atom is -0.353 e. The normalized spacial score (nSPS) is 23.0. The third-order valence-corrected chi connectivity index (χ3v) is 6.14. The van der Waals surface area contributed by atoms with Crippen LogP contribution in [-0.4, -0.2) is 62.1 Å². The number of hydrogen-bond acceptors (Lipinski definition) is 8. The lowest BCUT2D eigenvalue weighted by molar-refractivity contribution is -0.160. The highest BCUT2D eigenvalue weighted by atomic mass is 16.7. The standard InChI is InChI=1S/C24H32N4O4/c1-3-15-29-21(9-1)31-17-13-27-19-7-5-12-26-24(19)28(20-8-6-11-25-23(20)27)14-18-32-22-10-2-4-16-30-22/h5-8,11-12,21-22H,1-4,9-10,13-18H2. The van der Waals surface area contributed by atoms with Gasteiger partial charge in [-0.3, -0.25) is 0 Å². The highest BCUT2D eigenvalue weighted by Crippen LogP contribution is 2.45. The van der Waals surface area contributed by atoms with Gasteiger partial charge in [-0.05, 0) is 62.8 Å². The van der Waals surface area contributed by atoms with Crippen LogP contribution in [-0.2, 0) is 18.9 Å². The van der Waals surface area contributed by atoms with Crippen LogP contribution in [0.25, 0.3) is 0 Å². The number of anilines is 4. The zero-order chi connectivity index (χ0) is 21.6. The molecule has 8 heteroatoms. The summed E-state index contributed by atoms with van der Waals surface area (Å²) in [6.45, 7) is 4.07. The molecular formula is C24H32N4O4. The summed E-state index contributed by atoms with van der Waals surface area (Å²) in [7, 11) is 0. The van der Waals surface area contributed by atoms with Crippen molar-refractivity contribution < 1.29 is 18.9 Å². The topological polar surface area (TPSA) is 69.2 Å². The highest BCUT2D eigenvalue weighted by Gasteiger charge is 2.30. The quantitative estimate of drug-likeness (QED) is 0.606. The molecular weight excluding hydrogens is 408 g/mol. The van der Waals surface area contributed by atoms with E-state index in [4.69, 9.17) is 28.9 Å². The predicted molar refractivity (Wildman–Crippen MR) is 122 cm³/mol. The van der Waals surface area contributed by atoms with E-state index in [9.17, 15) is 0 Å². The van der Waals surface area contributed by atoms with Gasteiger partial charge in [-0.1, -0.05) is 0 Å². The van der Waals surface area contributed by atoms with E-state index in [2.05, 4.69) is 21.9 Å². The molecule has 0 radical (unpaired) electrons. The molecule has 2 unspecified atom stereocenters. The summed E-state index contributed by atoms with van der Waals surface area (Å²) in [5, 5.41) is 0. The van der Waals surface area contributed by atoms with Gasteiger partial charge < -0.3 is 28.7 Å². The maximum atomic E-state index is 6.02. The molecule has 0 aliphatic carbocycles. The van der Waals surface area contributed by atoms with Crippen LogP contribution in [0.2, 0.25) is 0 Å². The first-order valence-electron chi connectivity index (χ1n) is 11.8. The molecule has 2 aromatic rings. The zero-order valence-corrected chi connectivity index (χ0v) is 18.5. The molecule has 0 spiro atoms. The molecule has 0 N–H and O–H groups in total. The smallest absolute Gasteiger partial charge is 0.157 e. The maximum absolute atomic E-state index is 6.02. The molecule has 2 aromatic heterocycles. The van der Waals surface area contributed by atoms with E-state index >= 15 is 0 Å². The number of rotatable bonds is 8. The average molecular weight is 441 g/mol. The summed E-state index contributed by atoms with van der Waals surface area (Å²) in [4.78, 5) is 13.8. The molecule has 5 rings (SSSR count). The number of hydrogen-bond donors (Lipinski definition) is 0. The van der Waals surface area contributed by atoms with Gasteiger partial charge in [0.15, 0.2) is 24.2 Å². The van der Waals surface area contributed by atoms with Crippen molar-refractivity contribution in [3.8, 4) is 0 Å². The summed E-state index contributed by atoms with van der Waals surface area (Å²) in [5.74, 6) is 1.82. The molecule has 5 heterocycles. The minimum atomic E-state index is -0.0965. The lowest BCUT2D eigenvalue weighted by atomic mass is 10.2. The Kier molecular flexibility index (Phi) is 7.13. The molecule has 3 aliphatic heterocycles. The van der Waals surface area contributed by atoms with Gasteiger partial charge >= 0.3 is 0 Å². The van der Waals surface area contributed by atoms with Crippen LogP contribution in [0.15, 0.2) is 36.7 Å². The predicted octanol–water partition coefficient (Wildman–Crippen LogP) is 4.15. The van der Waals surface area contributed by atoms with Gasteiger partial charge in [-0.2, -0.15) is 0 Å². The molecule has 32 heavy (non-hydrogen) atoms. The van der Waals surface area contributed by atoms with Crippen molar-refractivity contribution in [2.75, 3.05) is 49.3 Å². The molecule has 3 aliphatic rings. The Bertz CT molecular complexity index is 753. The van der Waals surface area contributed by atoms with Gasteiger partial charge in [0.05, 0.1) is 24.6 Å². The van der Waals surface area contributed by atoms with Crippen molar-refractivity contribution >= 4 is 23.0 Å². The first kappa shape index (κ1) is 21.6. The van der Waals surface area contributed by atoms with Crippen molar-refractivity contribution in [3.63, 3.8) is 0 Å². The van der Waals surface area contributed by atoms with Crippen LogP contribution in [0, 0.1) is 0 Å². The molecule has 0 amide bonds. The van der Waals surface area contributed by atoms with E-state index in [0.717, 1.165) is 74.7 Å². The van der Waals surface area contributed by atoms with Crippen molar-refractivity contribution in [2.45, 2.75) is 51.1 Å². The molecule has 0 saturated carbocycles. The minimum absolute atomic E-state index is 0.0965. The lowest BCUT2D eigenvalue weighted by Crippen LogP contribution is -2.36. The molecule has 8 nitrogen and oxygen atoms in total. The van der Waals surface area contributed by atoms with Crippen LogP contribution < -0.4 is 9.80 Å². The fourth-order valence-electron chi connectivity index (χ4n) is 4.53. The SMILES string of the molecule is c1cnc2c(c1)N(CCOC1CCCCO1)c1ncccc1N2CCOC1CCCCO1. The van der Waals surface area contributed by atoms with Gasteiger partial charge in [0.1, 0.15) is 0 Å². The van der Waals surface area contributed by atoms with Crippen molar-refractivity contribution in [1.29, 1.82) is 0 Å². The molecule has 172 valence electrons. The second-order valence-electron chi connectivity index (χ2n) is 8.33. The van der Waals surface area contributed by atoms with E-state index in [0.29, 0.717) is 26.3 Å². The Labute approximate surface area is 189 Å². The summed E-state index contributed by atoms with van der Waals surface area (Å²) in [5.41, 5.74) is 2.06. The number of aromatic nitrogens is 2. The highest BCUT2D eigenvalue weighted by molar-refractivity contribution is 5.89. The van der Waals surface area contributed by atoms with Gasteiger partial charge in [-0.15, -0.1) is 0 Å². The summed E-state index contributed by atoms with van der Waals surface area (Å²) in [6, 6.07) is 8.12. The maximum Gasteiger partial charge on any atom is 0.157 e. The van der Waals surface area contributed by atoms with Crippen LogP contribution in [0.4, 0.5) is 23.0 Å². The van der Waals surface area contributed by atoms with Gasteiger partial charge in [-0.25, -0.2) is 9.97 Å². The van der Waals surface area contributed by atoms with Gasteiger partial charge in [0.25, 0.3) is 0 Å². The van der Waals surface area contributed by atoms with E-state index in [1.165, 1.54) is 0 Å². The average Bonchev–Trinajstić information content (AvgIpc) is 2.86. The Morgan fingerprint density at radius 3 is 1.69 bits per heavy atom. The Hall–Kier alpha value is -2.26. The van der Waals surface area contributed by atoms with Crippen LogP contribution in [0.1, 0.15) is 38.5 Å². The Morgan fingerprint density at radius 1 is 0.750 bits per heavy atom. The number of pyridine rings is 2. The van der Waals surface area contributed by atoms with Crippen LogP contribution in [0.3, 0.4) is 0 Å². The number of fused-ring (bicyclic) bond motifs is 2. The van der Waals surface area contributed by atoms with E-state index < -0.39 is 0 Å². The van der Waals surface area contributed by atoms with Crippen molar-refractivity contribution in [2.24, 2.45) is 0 Å². The Balaban J connectivity index is 1.30. The summed E-state index contributed by atoms with van der Waals surface area (Å²) < 4.78 is 23.5. The van der Waals surface area contributed by atoms with Crippen molar-refractivity contribution in [3.05, 3.63) is 36.7 Å². The third kappa shape index (κ3) is 4.88. The fourth-order valence-corrected chi connectivity index (χ4v) is 4.53. The summed E-state index contributed by atoms with van der Waals surface area (Å²) in [6.07, 6.45) is 9.97. The van der Waals surface area contributed by atoms with Crippen molar-refractivity contribution in [1.82, 2.24) is 9.97 Å². The molecule has 0 bridgehead atoms. The van der Waals surface area contributed by atoms with Gasteiger partial charge in [0, 0.05) is 38.7 Å². The first-order chi connectivity index (χ1) is 15.9. The molecule has 0 aromatic carbocycles.